The van der Waals surface area contributed by atoms with Crippen molar-refractivity contribution in [3.63, 3.8) is 0 Å². The van der Waals surface area contributed by atoms with Crippen molar-refractivity contribution in [2.45, 2.75) is 31.0 Å². The quantitative estimate of drug-likeness (QED) is 0.831. The molecule has 1 aliphatic carbocycles. The minimum Gasteiger partial charge on any atom is -0.431 e. The number of thioether (sulfide) groups is 1. The highest BCUT2D eigenvalue weighted by atomic mass is 32.2. The normalized spacial score (nSPS) is 15.7. The van der Waals surface area contributed by atoms with Crippen LogP contribution in [0.15, 0.2) is 46.2 Å². The third kappa shape index (κ3) is 3.88. The zero-order valence-electron chi connectivity index (χ0n) is 11.9. The van der Waals surface area contributed by atoms with E-state index in [9.17, 15) is 4.79 Å². The van der Waals surface area contributed by atoms with Gasteiger partial charge in [0.15, 0.2) is 5.76 Å². The Morgan fingerprint density at radius 2 is 2.19 bits per heavy atom. The highest BCUT2D eigenvalue weighted by molar-refractivity contribution is 7.99. The molecule has 1 aromatic carbocycles. The Morgan fingerprint density at radius 1 is 1.43 bits per heavy atom. The number of oxazole rings is 1. The fourth-order valence-corrected chi connectivity index (χ4v) is 2.81. The largest absolute Gasteiger partial charge is 0.431 e. The molecule has 0 spiro atoms. The van der Waals surface area contributed by atoms with Crippen molar-refractivity contribution in [2.24, 2.45) is 5.92 Å². The van der Waals surface area contributed by atoms with E-state index in [1.807, 2.05) is 30.3 Å². The van der Waals surface area contributed by atoms with Gasteiger partial charge in [-0.1, -0.05) is 42.1 Å². The van der Waals surface area contributed by atoms with E-state index in [1.54, 1.807) is 6.20 Å². The van der Waals surface area contributed by atoms with E-state index < -0.39 is 0 Å². The number of rotatable bonds is 6. The third-order valence-corrected chi connectivity index (χ3v) is 4.43. The standard InChI is InChI=1S/C16H18N2O2S/c1-11(12-7-8-12)18-15(19)10-21-16-17-9-14(20-16)13-5-3-2-4-6-13/h2-6,9,11-12H,7-8,10H2,1H3,(H,18,19). The topological polar surface area (TPSA) is 55.1 Å². The van der Waals surface area contributed by atoms with E-state index in [1.165, 1.54) is 24.6 Å². The number of hydrogen-bond acceptors (Lipinski definition) is 4. The minimum atomic E-state index is 0.0406. The summed E-state index contributed by atoms with van der Waals surface area (Å²) >= 11 is 1.33. The molecule has 5 heteroatoms. The number of carbonyl (C=O) groups is 1. The molecule has 1 atom stereocenters. The molecule has 1 fully saturated rings. The van der Waals surface area contributed by atoms with Crippen LogP contribution in [0.2, 0.25) is 0 Å². The van der Waals surface area contributed by atoms with Crippen LogP contribution in [-0.2, 0) is 4.79 Å². The van der Waals surface area contributed by atoms with Gasteiger partial charge in [0.2, 0.25) is 5.91 Å². The SMILES string of the molecule is CC(NC(=O)CSc1ncc(-c2ccccc2)o1)C1CC1. The highest BCUT2D eigenvalue weighted by Gasteiger charge is 2.28. The van der Waals surface area contributed by atoms with Crippen LogP contribution < -0.4 is 5.32 Å². The molecule has 1 N–H and O–H groups in total. The van der Waals surface area contributed by atoms with Crippen LogP contribution in [0, 0.1) is 5.92 Å². The van der Waals surface area contributed by atoms with E-state index in [2.05, 4.69) is 17.2 Å². The van der Waals surface area contributed by atoms with Gasteiger partial charge in [0.1, 0.15) is 0 Å². The van der Waals surface area contributed by atoms with Crippen LogP contribution in [0.3, 0.4) is 0 Å². The lowest BCUT2D eigenvalue weighted by molar-refractivity contribution is -0.119. The summed E-state index contributed by atoms with van der Waals surface area (Å²) in [7, 11) is 0. The zero-order chi connectivity index (χ0) is 14.7. The number of hydrogen-bond donors (Lipinski definition) is 1. The summed E-state index contributed by atoms with van der Waals surface area (Å²) in [6.45, 7) is 2.07. The average Bonchev–Trinajstić information content (AvgIpc) is 3.25. The summed E-state index contributed by atoms with van der Waals surface area (Å²) < 4.78 is 5.66. The van der Waals surface area contributed by atoms with Gasteiger partial charge in [0.05, 0.1) is 11.9 Å². The zero-order valence-corrected chi connectivity index (χ0v) is 12.7. The Balaban J connectivity index is 1.51. The average molecular weight is 302 g/mol. The van der Waals surface area contributed by atoms with Gasteiger partial charge in [-0.25, -0.2) is 4.98 Å². The first kappa shape index (κ1) is 14.2. The van der Waals surface area contributed by atoms with E-state index in [4.69, 9.17) is 4.42 Å². The Morgan fingerprint density at radius 3 is 2.90 bits per heavy atom. The van der Waals surface area contributed by atoms with Gasteiger partial charge in [-0.15, -0.1) is 0 Å². The van der Waals surface area contributed by atoms with E-state index in [0.29, 0.717) is 16.9 Å². The van der Waals surface area contributed by atoms with Gasteiger partial charge >= 0.3 is 0 Å². The number of aromatic nitrogens is 1. The third-order valence-electron chi connectivity index (χ3n) is 3.59. The van der Waals surface area contributed by atoms with Gasteiger partial charge in [-0.3, -0.25) is 4.79 Å². The van der Waals surface area contributed by atoms with Crippen molar-refractivity contribution in [3.05, 3.63) is 36.5 Å². The number of nitrogens with one attached hydrogen (secondary N) is 1. The first-order chi connectivity index (χ1) is 10.2. The fourth-order valence-electron chi connectivity index (χ4n) is 2.20. The van der Waals surface area contributed by atoms with Gasteiger partial charge in [-0.2, -0.15) is 0 Å². The van der Waals surface area contributed by atoms with Crippen molar-refractivity contribution in [1.29, 1.82) is 0 Å². The number of amides is 1. The lowest BCUT2D eigenvalue weighted by Gasteiger charge is -2.11. The molecule has 1 saturated carbocycles. The summed E-state index contributed by atoms with van der Waals surface area (Å²) in [5, 5.41) is 3.55. The summed E-state index contributed by atoms with van der Waals surface area (Å²) in [5.41, 5.74) is 0.989. The molecular formula is C16H18N2O2S. The van der Waals surface area contributed by atoms with E-state index >= 15 is 0 Å². The molecule has 4 nitrogen and oxygen atoms in total. The van der Waals surface area contributed by atoms with E-state index in [-0.39, 0.29) is 11.9 Å². The van der Waals surface area contributed by atoms with Crippen LogP contribution in [0.25, 0.3) is 11.3 Å². The maximum absolute atomic E-state index is 11.8. The molecule has 0 radical (unpaired) electrons. The van der Waals surface area contributed by atoms with Crippen LogP contribution >= 0.6 is 11.8 Å². The second-order valence-corrected chi connectivity index (χ2v) is 6.27. The number of benzene rings is 1. The first-order valence-corrected chi connectivity index (χ1v) is 8.14. The molecule has 0 aliphatic heterocycles. The first-order valence-electron chi connectivity index (χ1n) is 7.16. The predicted octanol–water partition coefficient (Wildman–Crippen LogP) is 3.35. The smallest absolute Gasteiger partial charge is 0.256 e. The maximum Gasteiger partial charge on any atom is 0.256 e. The predicted molar refractivity (Wildman–Crippen MR) is 83.0 cm³/mol. The minimum absolute atomic E-state index is 0.0406. The molecule has 21 heavy (non-hydrogen) atoms. The molecule has 3 rings (SSSR count). The molecule has 1 unspecified atom stereocenters. The molecule has 1 aromatic heterocycles. The molecule has 2 aromatic rings. The fraction of sp³-hybridized carbons (Fsp3) is 0.375. The van der Waals surface area contributed by atoms with E-state index in [0.717, 1.165) is 11.3 Å². The van der Waals surface area contributed by atoms with Crippen molar-refractivity contribution in [1.82, 2.24) is 10.3 Å². The lowest BCUT2D eigenvalue weighted by atomic mass is 10.2. The van der Waals surface area contributed by atoms with Crippen LogP contribution in [-0.4, -0.2) is 22.7 Å². The monoisotopic (exact) mass is 302 g/mol. The van der Waals surface area contributed by atoms with Gasteiger partial charge < -0.3 is 9.73 Å². The number of carbonyl (C=O) groups excluding carboxylic acids is 1. The molecule has 110 valence electrons. The summed E-state index contributed by atoms with van der Waals surface area (Å²) in [6.07, 6.45) is 4.16. The second kappa shape index (κ2) is 6.35. The lowest BCUT2D eigenvalue weighted by Crippen LogP contribution is -2.35. The molecule has 1 heterocycles. The van der Waals surface area contributed by atoms with Gasteiger partial charge in [-0.05, 0) is 25.7 Å². The summed E-state index contributed by atoms with van der Waals surface area (Å²) in [5.74, 6) is 1.78. The van der Waals surface area contributed by atoms with Crippen LogP contribution in [0.4, 0.5) is 0 Å². The molecular weight excluding hydrogens is 284 g/mol. The second-order valence-electron chi connectivity index (χ2n) is 5.34. The van der Waals surface area contributed by atoms with Crippen LogP contribution in [0.1, 0.15) is 19.8 Å². The van der Waals surface area contributed by atoms with Crippen molar-refractivity contribution in [2.75, 3.05) is 5.75 Å². The highest BCUT2D eigenvalue weighted by Crippen LogP contribution is 2.32. The number of nitrogens with zero attached hydrogens (tertiary/aromatic N) is 1. The Bertz CT molecular complexity index is 608. The molecule has 1 amide bonds. The van der Waals surface area contributed by atoms with Crippen LogP contribution in [0.5, 0.6) is 0 Å². The van der Waals surface area contributed by atoms with Gasteiger partial charge in [0.25, 0.3) is 5.22 Å². The van der Waals surface area contributed by atoms with Gasteiger partial charge in [0, 0.05) is 11.6 Å². The molecule has 1 aliphatic rings. The molecule has 0 saturated heterocycles. The Hall–Kier alpha value is -1.75. The Labute approximate surface area is 128 Å². The maximum atomic E-state index is 11.8. The summed E-state index contributed by atoms with van der Waals surface area (Å²) in [6, 6.07) is 10.1. The molecule has 0 bridgehead atoms. The van der Waals surface area contributed by atoms with Crippen molar-refractivity contribution < 1.29 is 9.21 Å². The Kier molecular flexibility index (Phi) is 4.29. The summed E-state index contributed by atoms with van der Waals surface area (Å²) in [4.78, 5) is 16.0. The van der Waals surface area contributed by atoms with Crippen molar-refractivity contribution >= 4 is 17.7 Å². The van der Waals surface area contributed by atoms with Crippen molar-refractivity contribution in [3.8, 4) is 11.3 Å².